The third-order valence-corrected chi connectivity index (χ3v) is 4.29. The lowest BCUT2D eigenvalue weighted by Gasteiger charge is -2.22. The van der Waals surface area contributed by atoms with Crippen LogP contribution in [0.1, 0.15) is 36.4 Å². The van der Waals surface area contributed by atoms with Crippen LogP contribution in [0.3, 0.4) is 0 Å². The van der Waals surface area contributed by atoms with Gasteiger partial charge in [-0.2, -0.15) is 5.10 Å². The number of carboxylic acid groups (broad SMARTS) is 1. The van der Waals surface area contributed by atoms with E-state index in [4.69, 9.17) is 16.7 Å². The van der Waals surface area contributed by atoms with Gasteiger partial charge in [-0.05, 0) is 23.3 Å². The molecule has 1 aliphatic rings. The van der Waals surface area contributed by atoms with Gasteiger partial charge in [-0.1, -0.05) is 54.1 Å². The van der Waals surface area contributed by atoms with E-state index in [1.165, 1.54) is 5.01 Å². The fourth-order valence-electron chi connectivity index (χ4n) is 2.85. The van der Waals surface area contributed by atoms with Crippen LogP contribution in [0.25, 0.3) is 0 Å². The van der Waals surface area contributed by atoms with E-state index in [9.17, 15) is 9.59 Å². The van der Waals surface area contributed by atoms with Crippen LogP contribution in [0.5, 0.6) is 0 Å². The predicted molar refractivity (Wildman–Crippen MR) is 95.5 cm³/mol. The van der Waals surface area contributed by atoms with Crippen LogP contribution in [-0.2, 0) is 9.59 Å². The Morgan fingerprint density at radius 1 is 1.12 bits per heavy atom. The largest absolute Gasteiger partial charge is 0.481 e. The lowest BCUT2D eigenvalue weighted by molar-refractivity contribution is -0.141. The van der Waals surface area contributed by atoms with Gasteiger partial charge < -0.3 is 5.11 Å². The van der Waals surface area contributed by atoms with Crippen molar-refractivity contribution in [3.8, 4) is 0 Å². The minimum absolute atomic E-state index is 0.0853. The second kappa shape index (κ2) is 7.49. The van der Waals surface area contributed by atoms with Gasteiger partial charge >= 0.3 is 5.97 Å². The predicted octanol–water partition coefficient (Wildman–Crippen LogP) is 3.88. The Morgan fingerprint density at radius 3 is 2.56 bits per heavy atom. The molecule has 2 aromatic rings. The summed E-state index contributed by atoms with van der Waals surface area (Å²) in [5, 5.41) is 15.3. The molecule has 0 aromatic heterocycles. The molecule has 1 heterocycles. The van der Waals surface area contributed by atoms with E-state index < -0.39 is 5.97 Å². The normalized spacial score (nSPS) is 16.6. The van der Waals surface area contributed by atoms with Crippen LogP contribution >= 0.6 is 11.6 Å². The third kappa shape index (κ3) is 4.06. The number of hydrazone groups is 1. The topological polar surface area (TPSA) is 70.0 Å². The van der Waals surface area contributed by atoms with Crippen molar-refractivity contribution in [3.63, 3.8) is 0 Å². The molecular formula is C19H17ClN2O3. The molecule has 1 N–H and O–H groups in total. The molecule has 1 amide bonds. The first-order valence-corrected chi connectivity index (χ1v) is 8.34. The molecule has 0 bridgehead atoms. The summed E-state index contributed by atoms with van der Waals surface area (Å²) in [4.78, 5) is 23.3. The Hall–Kier alpha value is -2.66. The molecule has 0 saturated carbocycles. The first-order valence-electron chi connectivity index (χ1n) is 7.97. The Labute approximate surface area is 150 Å². The molecule has 0 spiro atoms. The number of carbonyl (C=O) groups excluding carboxylic acids is 1. The Kier molecular flexibility index (Phi) is 5.14. The van der Waals surface area contributed by atoms with Gasteiger partial charge in [0.2, 0.25) is 5.91 Å². The van der Waals surface area contributed by atoms with Crippen molar-refractivity contribution >= 4 is 29.2 Å². The van der Waals surface area contributed by atoms with Crippen molar-refractivity contribution in [2.24, 2.45) is 5.10 Å². The van der Waals surface area contributed by atoms with Crippen LogP contribution < -0.4 is 0 Å². The number of hydrogen-bond donors (Lipinski definition) is 1. The van der Waals surface area contributed by atoms with Gasteiger partial charge in [0.05, 0.1) is 18.2 Å². The maximum Gasteiger partial charge on any atom is 0.303 e. The average Bonchev–Trinajstić information content (AvgIpc) is 3.06. The summed E-state index contributed by atoms with van der Waals surface area (Å²) >= 11 is 6.09. The van der Waals surface area contributed by atoms with Gasteiger partial charge in [-0.15, -0.1) is 0 Å². The number of halogens is 1. The van der Waals surface area contributed by atoms with Gasteiger partial charge in [0.1, 0.15) is 0 Å². The summed E-state index contributed by atoms with van der Waals surface area (Å²) in [7, 11) is 0. The molecule has 128 valence electrons. The fourth-order valence-corrected chi connectivity index (χ4v) is 3.05. The van der Waals surface area contributed by atoms with E-state index in [0.717, 1.165) is 16.8 Å². The minimum atomic E-state index is -1.00. The van der Waals surface area contributed by atoms with Crippen LogP contribution in [0, 0.1) is 0 Å². The maximum atomic E-state index is 12.5. The van der Waals surface area contributed by atoms with Gasteiger partial charge in [0.25, 0.3) is 0 Å². The van der Waals surface area contributed by atoms with Crippen molar-refractivity contribution in [2.75, 3.05) is 0 Å². The lowest BCUT2D eigenvalue weighted by Crippen LogP contribution is -2.27. The molecule has 0 saturated heterocycles. The number of rotatable bonds is 5. The van der Waals surface area contributed by atoms with E-state index in [2.05, 4.69) is 5.10 Å². The van der Waals surface area contributed by atoms with Crippen molar-refractivity contribution in [1.29, 1.82) is 0 Å². The van der Waals surface area contributed by atoms with Crippen molar-refractivity contribution in [1.82, 2.24) is 5.01 Å². The summed E-state index contributed by atoms with van der Waals surface area (Å²) < 4.78 is 0. The smallest absolute Gasteiger partial charge is 0.303 e. The molecular weight excluding hydrogens is 340 g/mol. The summed E-state index contributed by atoms with van der Waals surface area (Å²) in [6.07, 6.45) is 0.259. The number of benzene rings is 2. The number of carbonyl (C=O) groups is 2. The van der Waals surface area contributed by atoms with Crippen molar-refractivity contribution in [2.45, 2.75) is 25.3 Å². The zero-order chi connectivity index (χ0) is 17.8. The molecule has 0 unspecified atom stereocenters. The number of aliphatic carboxylic acids is 1. The minimum Gasteiger partial charge on any atom is -0.481 e. The van der Waals surface area contributed by atoms with Crippen molar-refractivity contribution in [3.05, 3.63) is 70.7 Å². The van der Waals surface area contributed by atoms with Crippen molar-refractivity contribution < 1.29 is 14.7 Å². The van der Waals surface area contributed by atoms with E-state index in [0.29, 0.717) is 11.4 Å². The van der Waals surface area contributed by atoms with Gasteiger partial charge in [-0.3, -0.25) is 9.59 Å². The Morgan fingerprint density at radius 2 is 1.88 bits per heavy atom. The maximum absolute atomic E-state index is 12.5. The monoisotopic (exact) mass is 356 g/mol. The van der Waals surface area contributed by atoms with Gasteiger partial charge in [0, 0.05) is 17.9 Å². The molecule has 1 atom stereocenters. The van der Waals surface area contributed by atoms with Gasteiger partial charge in [0.15, 0.2) is 0 Å². The van der Waals surface area contributed by atoms with E-state index >= 15 is 0 Å². The van der Waals surface area contributed by atoms with Crippen LogP contribution in [0.15, 0.2) is 59.7 Å². The highest BCUT2D eigenvalue weighted by Crippen LogP contribution is 2.34. The molecule has 0 aliphatic carbocycles. The molecule has 1 aliphatic heterocycles. The molecule has 6 heteroatoms. The molecule has 0 fully saturated rings. The molecule has 25 heavy (non-hydrogen) atoms. The average molecular weight is 357 g/mol. The second-order valence-corrected chi connectivity index (χ2v) is 6.26. The fraction of sp³-hybridized carbons (Fsp3) is 0.211. The highest BCUT2D eigenvalue weighted by atomic mass is 35.5. The third-order valence-electron chi connectivity index (χ3n) is 4.06. The second-order valence-electron chi connectivity index (χ2n) is 5.82. The molecule has 2 aromatic carbocycles. The molecule has 0 radical (unpaired) electrons. The number of nitrogens with zero attached hydrogens (tertiary/aromatic N) is 2. The lowest BCUT2D eigenvalue weighted by atomic mass is 9.98. The summed E-state index contributed by atoms with van der Waals surface area (Å²) in [5.74, 6) is -1.31. The highest BCUT2D eigenvalue weighted by Gasteiger charge is 2.33. The van der Waals surface area contributed by atoms with E-state index in [-0.39, 0.29) is 24.8 Å². The summed E-state index contributed by atoms with van der Waals surface area (Å²) in [6, 6.07) is 16.7. The SMILES string of the molecule is O=C(O)CCC(=O)N1N=C(c2ccccc2)C[C@@H]1c1cccc(Cl)c1. The first kappa shape index (κ1) is 17.2. The highest BCUT2D eigenvalue weighted by molar-refractivity contribution is 6.30. The summed E-state index contributed by atoms with van der Waals surface area (Å²) in [5.41, 5.74) is 2.63. The number of amides is 1. The summed E-state index contributed by atoms with van der Waals surface area (Å²) in [6.45, 7) is 0. The molecule has 5 nitrogen and oxygen atoms in total. The number of hydrogen-bond acceptors (Lipinski definition) is 3. The number of carboxylic acids is 1. The zero-order valence-corrected chi connectivity index (χ0v) is 14.2. The van der Waals surface area contributed by atoms with E-state index in [1.54, 1.807) is 6.07 Å². The van der Waals surface area contributed by atoms with Crippen LogP contribution in [-0.4, -0.2) is 27.7 Å². The quantitative estimate of drug-likeness (QED) is 0.883. The zero-order valence-electron chi connectivity index (χ0n) is 13.4. The Balaban J connectivity index is 1.90. The standard InChI is InChI=1S/C19H17ClN2O3/c20-15-8-4-7-14(11-15)17-12-16(13-5-2-1-3-6-13)21-22(17)18(23)9-10-19(24)25/h1-8,11,17H,9-10,12H2,(H,24,25)/t17-/m1/s1. The Bertz CT molecular complexity index is 820. The molecule has 3 rings (SSSR count). The van der Waals surface area contributed by atoms with Crippen LogP contribution in [0.2, 0.25) is 5.02 Å². The van der Waals surface area contributed by atoms with E-state index in [1.807, 2.05) is 48.5 Å². The first-order chi connectivity index (χ1) is 12.0. The van der Waals surface area contributed by atoms with Gasteiger partial charge in [-0.25, -0.2) is 5.01 Å². The van der Waals surface area contributed by atoms with Crippen LogP contribution in [0.4, 0.5) is 0 Å².